The molecule has 0 radical (unpaired) electrons. The van der Waals surface area contributed by atoms with Crippen molar-refractivity contribution in [3.05, 3.63) is 65.0 Å². The van der Waals surface area contributed by atoms with E-state index in [0.717, 1.165) is 36.1 Å². The number of hydrogen-bond donors (Lipinski definition) is 1. The molecule has 1 spiro atoms. The number of pyridine rings is 1. The van der Waals surface area contributed by atoms with Crippen LogP contribution in [0.1, 0.15) is 39.9 Å². The first-order valence-corrected chi connectivity index (χ1v) is 9.52. The minimum atomic E-state index is -0.0194. The number of carbonyl (C=O) groups excluding carboxylic acids is 2. The molecule has 1 N–H and O–H groups in total. The van der Waals surface area contributed by atoms with Crippen molar-refractivity contribution in [1.29, 1.82) is 0 Å². The third-order valence-electron chi connectivity index (χ3n) is 6.12. The first kappa shape index (κ1) is 17.7. The van der Waals surface area contributed by atoms with Crippen LogP contribution in [-0.4, -0.2) is 34.8 Å². The monoisotopic (exact) mass is 363 g/mol. The van der Waals surface area contributed by atoms with Gasteiger partial charge in [-0.1, -0.05) is 12.1 Å². The number of rotatable bonds is 4. The van der Waals surface area contributed by atoms with Gasteiger partial charge in [0.25, 0.3) is 5.91 Å². The Bertz CT molecular complexity index is 880. The number of hydrogen-bond acceptors (Lipinski definition) is 3. The van der Waals surface area contributed by atoms with Gasteiger partial charge in [-0.25, -0.2) is 0 Å². The molecule has 0 bridgehead atoms. The van der Waals surface area contributed by atoms with E-state index in [2.05, 4.69) is 10.3 Å². The Morgan fingerprint density at radius 1 is 1.26 bits per heavy atom. The standard InChI is InChI=1S/C22H25N3O2/c1-15-5-6-18(10-16(15)2)21(27)25-9-7-22(14-25)11-19(22)20(26)24-13-17-4-3-8-23-12-17/h3-6,8,10,12,19H,7,9,11,13-14H2,1-2H3,(H,24,26)/t19-,22-/m1/s1. The minimum Gasteiger partial charge on any atom is -0.352 e. The summed E-state index contributed by atoms with van der Waals surface area (Å²) in [6, 6.07) is 9.69. The van der Waals surface area contributed by atoms with Crippen molar-refractivity contribution in [2.75, 3.05) is 13.1 Å². The molecular weight excluding hydrogens is 338 g/mol. The Hall–Kier alpha value is -2.69. The van der Waals surface area contributed by atoms with Gasteiger partial charge in [0.15, 0.2) is 0 Å². The average molecular weight is 363 g/mol. The highest BCUT2D eigenvalue weighted by molar-refractivity contribution is 5.95. The topological polar surface area (TPSA) is 62.3 Å². The highest BCUT2D eigenvalue weighted by Crippen LogP contribution is 2.58. The summed E-state index contributed by atoms with van der Waals surface area (Å²) in [6.45, 7) is 6.00. The van der Waals surface area contributed by atoms with Crippen molar-refractivity contribution < 1.29 is 9.59 Å². The van der Waals surface area contributed by atoms with E-state index in [1.165, 1.54) is 5.56 Å². The van der Waals surface area contributed by atoms with Gasteiger partial charge in [0.1, 0.15) is 0 Å². The van der Waals surface area contributed by atoms with Crippen LogP contribution in [-0.2, 0) is 11.3 Å². The molecule has 27 heavy (non-hydrogen) atoms. The molecule has 5 nitrogen and oxygen atoms in total. The Morgan fingerprint density at radius 2 is 2.11 bits per heavy atom. The summed E-state index contributed by atoms with van der Waals surface area (Å²) in [4.78, 5) is 31.3. The largest absolute Gasteiger partial charge is 0.352 e. The van der Waals surface area contributed by atoms with Gasteiger partial charge in [0.2, 0.25) is 5.91 Å². The Kier molecular flexibility index (Phi) is 4.46. The fourth-order valence-electron chi connectivity index (χ4n) is 4.11. The molecule has 1 aliphatic carbocycles. The quantitative estimate of drug-likeness (QED) is 0.909. The van der Waals surface area contributed by atoms with Crippen molar-refractivity contribution in [3.8, 4) is 0 Å². The van der Waals surface area contributed by atoms with Gasteiger partial charge in [-0.2, -0.15) is 0 Å². The van der Waals surface area contributed by atoms with Crippen molar-refractivity contribution in [3.63, 3.8) is 0 Å². The Labute approximate surface area is 159 Å². The predicted molar refractivity (Wildman–Crippen MR) is 103 cm³/mol. The van der Waals surface area contributed by atoms with Crippen molar-refractivity contribution in [2.45, 2.75) is 33.2 Å². The summed E-state index contributed by atoms with van der Waals surface area (Å²) in [7, 11) is 0. The number of nitrogens with one attached hydrogen (secondary N) is 1. The Balaban J connectivity index is 1.35. The minimum absolute atomic E-state index is 0.0194. The van der Waals surface area contributed by atoms with Crippen LogP contribution in [0, 0.1) is 25.2 Å². The number of carbonyl (C=O) groups is 2. The second-order valence-corrected chi connectivity index (χ2v) is 7.97. The lowest BCUT2D eigenvalue weighted by molar-refractivity contribution is -0.123. The smallest absolute Gasteiger partial charge is 0.253 e. The molecule has 2 aromatic rings. The number of aryl methyl sites for hydroxylation is 2. The highest BCUT2D eigenvalue weighted by atomic mass is 16.2. The number of amides is 2. The normalized spacial score (nSPS) is 23.5. The predicted octanol–water partition coefficient (Wildman–Crippen LogP) is 2.87. The van der Waals surface area contributed by atoms with E-state index in [4.69, 9.17) is 0 Å². The molecule has 2 aliphatic rings. The Morgan fingerprint density at radius 3 is 2.85 bits per heavy atom. The van der Waals surface area contributed by atoms with E-state index in [1.54, 1.807) is 12.4 Å². The lowest BCUT2D eigenvalue weighted by atomic mass is 10.0. The molecule has 140 valence electrons. The molecular formula is C22H25N3O2. The third kappa shape index (κ3) is 3.46. The van der Waals surface area contributed by atoms with Crippen LogP contribution in [0.3, 0.4) is 0 Å². The van der Waals surface area contributed by atoms with Gasteiger partial charge in [-0.3, -0.25) is 14.6 Å². The summed E-state index contributed by atoms with van der Waals surface area (Å²) in [6.07, 6.45) is 5.28. The van der Waals surface area contributed by atoms with Crippen LogP contribution < -0.4 is 5.32 Å². The summed E-state index contributed by atoms with van der Waals surface area (Å²) in [5, 5.41) is 3.02. The summed E-state index contributed by atoms with van der Waals surface area (Å²) >= 11 is 0. The van der Waals surface area contributed by atoms with E-state index < -0.39 is 0 Å². The molecule has 2 fully saturated rings. The van der Waals surface area contributed by atoms with Crippen molar-refractivity contribution >= 4 is 11.8 Å². The molecule has 1 saturated heterocycles. The number of nitrogens with zero attached hydrogens (tertiary/aromatic N) is 2. The van der Waals surface area contributed by atoms with Crippen molar-refractivity contribution in [1.82, 2.24) is 15.2 Å². The second-order valence-electron chi connectivity index (χ2n) is 7.97. The fraction of sp³-hybridized carbons (Fsp3) is 0.409. The maximum absolute atomic E-state index is 12.8. The molecule has 0 unspecified atom stereocenters. The van der Waals surface area contributed by atoms with Crippen molar-refractivity contribution in [2.24, 2.45) is 11.3 Å². The number of likely N-dealkylation sites (tertiary alicyclic amines) is 1. The molecule has 2 amide bonds. The third-order valence-corrected chi connectivity index (χ3v) is 6.12. The summed E-state index contributed by atoms with van der Waals surface area (Å²) in [5.74, 6) is 0.197. The van der Waals surface area contributed by atoms with Gasteiger partial charge in [0, 0.05) is 48.9 Å². The maximum Gasteiger partial charge on any atom is 0.253 e. The summed E-state index contributed by atoms with van der Waals surface area (Å²) in [5.41, 5.74) is 4.05. The molecule has 2 atom stereocenters. The van der Waals surface area contributed by atoms with E-state index in [-0.39, 0.29) is 23.1 Å². The van der Waals surface area contributed by atoms with Crippen LogP contribution in [0.15, 0.2) is 42.7 Å². The highest BCUT2D eigenvalue weighted by Gasteiger charge is 2.61. The first-order chi connectivity index (χ1) is 13.0. The van der Waals surface area contributed by atoms with Crippen LogP contribution in [0.2, 0.25) is 0 Å². The molecule has 1 saturated carbocycles. The maximum atomic E-state index is 12.8. The average Bonchev–Trinajstić information content (AvgIpc) is 3.22. The van der Waals surface area contributed by atoms with Crippen LogP contribution >= 0.6 is 0 Å². The van der Waals surface area contributed by atoms with Gasteiger partial charge >= 0.3 is 0 Å². The molecule has 5 heteroatoms. The van der Waals surface area contributed by atoms with Gasteiger partial charge in [0.05, 0.1) is 0 Å². The van der Waals surface area contributed by atoms with Crippen LogP contribution in [0.4, 0.5) is 0 Å². The van der Waals surface area contributed by atoms with E-state index in [1.807, 2.05) is 49.1 Å². The molecule has 2 heterocycles. The fourth-order valence-corrected chi connectivity index (χ4v) is 4.11. The second kappa shape index (κ2) is 6.80. The number of aromatic nitrogens is 1. The lowest BCUT2D eigenvalue weighted by Crippen LogP contribution is -2.31. The zero-order valence-corrected chi connectivity index (χ0v) is 15.9. The SMILES string of the molecule is Cc1ccc(C(=O)N2CC[C@@]3(C[C@@H]3C(=O)NCc3cccnc3)C2)cc1C. The molecule has 4 rings (SSSR count). The van der Waals surface area contributed by atoms with Gasteiger partial charge in [-0.05, 0) is 61.6 Å². The first-order valence-electron chi connectivity index (χ1n) is 9.52. The van der Waals surface area contributed by atoms with Crippen LogP contribution in [0.25, 0.3) is 0 Å². The van der Waals surface area contributed by atoms with Gasteiger partial charge < -0.3 is 10.2 Å². The zero-order valence-electron chi connectivity index (χ0n) is 15.9. The van der Waals surface area contributed by atoms with Gasteiger partial charge in [-0.15, -0.1) is 0 Å². The van der Waals surface area contributed by atoms with E-state index >= 15 is 0 Å². The van der Waals surface area contributed by atoms with E-state index in [9.17, 15) is 9.59 Å². The molecule has 1 aromatic carbocycles. The lowest BCUT2D eigenvalue weighted by Gasteiger charge is -2.17. The summed E-state index contributed by atoms with van der Waals surface area (Å²) < 4.78 is 0. The number of benzene rings is 1. The van der Waals surface area contributed by atoms with E-state index in [0.29, 0.717) is 13.1 Å². The van der Waals surface area contributed by atoms with Crippen LogP contribution in [0.5, 0.6) is 0 Å². The zero-order chi connectivity index (χ0) is 19.0. The molecule has 1 aliphatic heterocycles. The molecule has 1 aromatic heterocycles.